The standard InChI is InChI=1S/C16H12BrClO/c1-10-8-9-19-16(10)15(17)13-6-7-14(18)12-5-3-2-4-11(12)13/h2-9,15H,1H3. The zero-order valence-electron chi connectivity index (χ0n) is 10.4. The average Bonchev–Trinajstić information content (AvgIpc) is 2.85. The SMILES string of the molecule is Cc1ccoc1C(Br)c1ccc(Cl)c2ccccc12. The second kappa shape index (κ2) is 5.03. The topological polar surface area (TPSA) is 13.1 Å². The van der Waals surface area contributed by atoms with Gasteiger partial charge in [-0.25, -0.2) is 0 Å². The molecule has 1 atom stereocenters. The van der Waals surface area contributed by atoms with Crippen molar-refractivity contribution in [3.63, 3.8) is 0 Å². The van der Waals surface area contributed by atoms with Crippen LogP contribution >= 0.6 is 27.5 Å². The van der Waals surface area contributed by atoms with Crippen LogP contribution in [0, 0.1) is 6.92 Å². The number of alkyl halides is 1. The molecule has 0 saturated carbocycles. The summed E-state index contributed by atoms with van der Waals surface area (Å²) in [5, 5.41) is 2.98. The highest BCUT2D eigenvalue weighted by Gasteiger charge is 2.18. The average molecular weight is 336 g/mol. The summed E-state index contributed by atoms with van der Waals surface area (Å²) >= 11 is 9.98. The predicted octanol–water partition coefficient (Wildman–Crippen LogP) is 5.88. The van der Waals surface area contributed by atoms with Crippen molar-refractivity contribution in [3.05, 3.63) is 70.6 Å². The molecule has 0 aliphatic rings. The Kier molecular flexibility index (Phi) is 3.38. The van der Waals surface area contributed by atoms with E-state index >= 15 is 0 Å². The van der Waals surface area contributed by atoms with E-state index in [1.165, 1.54) is 0 Å². The van der Waals surface area contributed by atoms with Crippen LogP contribution in [0.5, 0.6) is 0 Å². The highest BCUT2D eigenvalue weighted by molar-refractivity contribution is 9.09. The number of furan rings is 1. The van der Waals surface area contributed by atoms with Crippen molar-refractivity contribution >= 4 is 38.3 Å². The van der Waals surface area contributed by atoms with Crippen LogP contribution in [0.25, 0.3) is 10.8 Å². The van der Waals surface area contributed by atoms with Gasteiger partial charge >= 0.3 is 0 Å². The minimum atomic E-state index is 0.0321. The van der Waals surface area contributed by atoms with Crippen LogP contribution in [0.2, 0.25) is 5.02 Å². The van der Waals surface area contributed by atoms with Gasteiger partial charge in [-0.1, -0.05) is 57.9 Å². The van der Waals surface area contributed by atoms with Crippen LogP contribution in [-0.4, -0.2) is 0 Å². The van der Waals surface area contributed by atoms with Crippen LogP contribution in [0.1, 0.15) is 21.7 Å². The van der Waals surface area contributed by atoms with Crippen molar-refractivity contribution in [2.75, 3.05) is 0 Å². The molecule has 0 spiro atoms. The van der Waals surface area contributed by atoms with Gasteiger partial charge in [0.25, 0.3) is 0 Å². The molecular formula is C16H12BrClO. The molecular weight excluding hydrogens is 324 g/mol. The van der Waals surface area contributed by atoms with Crippen LogP contribution in [0.15, 0.2) is 53.1 Å². The van der Waals surface area contributed by atoms with E-state index in [1.54, 1.807) is 6.26 Å². The molecule has 3 aromatic rings. The molecule has 2 aromatic carbocycles. The molecule has 96 valence electrons. The summed E-state index contributed by atoms with van der Waals surface area (Å²) in [6.45, 7) is 2.05. The fourth-order valence-corrected chi connectivity index (χ4v) is 3.39. The Morgan fingerprint density at radius 1 is 1.05 bits per heavy atom. The largest absolute Gasteiger partial charge is 0.468 e. The van der Waals surface area contributed by atoms with Gasteiger partial charge in [-0.3, -0.25) is 0 Å². The Morgan fingerprint density at radius 3 is 2.47 bits per heavy atom. The summed E-state index contributed by atoms with van der Waals surface area (Å²) in [5.41, 5.74) is 2.30. The smallest absolute Gasteiger partial charge is 0.124 e. The normalized spacial score (nSPS) is 12.8. The van der Waals surface area contributed by atoms with E-state index < -0.39 is 0 Å². The fraction of sp³-hybridized carbons (Fsp3) is 0.125. The van der Waals surface area contributed by atoms with Gasteiger partial charge in [0.2, 0.25) is 0 Å². The van der Waals surface area contributed by atoms with E-state index in [4.69, 9.17) is 16.0 Å². The lowest BCUT2D eigenvalue weighted by atomic mass is 10.00. The Labute approximate surface area is 125 Å². The van der Waals surface area contributed by atoms with E-state index in [0.717, 1.165) is 32.7 Å². The highest BCUT2D eigenvalue weighted by Crippen LogP contribution is 2.38. The first kappa shape index (κ1) is 12.8. The molecule has 0 aliphatic heterocycles. The molecule has 0 amide bonds. The zero-order valence-corrected chi connectivity index (χ0v) is 12.7. The first-order valence-electron chi connectivity index (χ1n) is 6.03. The lowest BCUT2D eigenvalue weighted by molar-refractivity contribution is 0.517. The van der Waals surface area contributed by atoms with Gasteiger partial charge in [-0.2, -0.15) is 0 Å². The highest BCUT2D eigenvalue weighted by atomic mass is 79.9. The number of aryl methyl sites for hydroxylation is 1. The molecule has 1 nitrogen and oxygen atoms in total. The number of hydrogen-bond acceptors (Lipinski definition) is 1. The Hall–Kier alpha value is -1.25. The van der Waals surface area contributed by atoms with Gasteiger partial charge in [0.1, 0.15) is 5.76 Å². The molecule has 1 heterocycles. The Bertz CT molecular complexity index is 732. The summed E-state index contributed by atoms with van der Waals surface area (Å²) < 4.78 is 5.58. The van der Waals surface area contributed by atoms with Gasteiger partial charge < -0.3 is 4.42 Å². The zero-order chi connectivity index (χ0) is 13.4. The number of hydrogen-bond donors (Lipinski definition) is 0. The first-order chi connectivity index (χ1) is 9.18. The summed E-state index contributed by atoms with van der Waals surface area (Å²) in [6, 6.07) is 14.1. The van der Waals surface area contributed by atoms with Crippen LogP contribution in [-0.2, 0) is 0 Å². The maximum absolute atomic E-state index is 6.25. The molecule has 0 aliphatic carbocycles. The number of rotatable bonds is 2. The molecule has 1 unspecified atom stereocenters. The third kappa shape index (κ3) is 2.19. The molecule has 3 heteroatoms. The second-order valence-corrected chi connectivity index (χ2v) is 5.84. The third-order valence-corrected chi connectivity index (χ3v) is 4.55. The molecule has 0 saturated heterocycles. The van der Waals surface area contributed by atoms with Crippen molar-refractivity contribution in [2.24, 2.45) is 0 Å². The van der Waals surface area contributed by atoms with Gasteiger partial charge in [0.15, 0.2) is 0 Å². The summed E-state index contributed by atoms with van der Waals surface area (Å²) in [4.78, 5) is 0.0321. The lowest BCUT2D eigenvalue weighted by Crippen LogP contribution is -1.94. The minimum Gasteiger partial charge on any atom is -0.468 e. The third-order valence-electron chi connectivity index (χ3n) is 3.31. The van der Waals surface area contributed by atoms with Crippen molar-refractivity contribution in [2.45, 2.75) is 11.8 Å². The maximum atomic E-state index is 6.25. The van der Waals surface area contributed by atoms with Crippen molar-refractivity contribution in [3.8, 4) is 0 Å². The summed E-state index contributed by atoms with van der Waals surface area (Å²) in [5.74, 6) is 0.937. The number of benzene rings is 2. The monoisotopic (exact) mass is 334 g/mol. The van der Waals surface area contributed by atoms with Crippen molar-refractivity contribution in [1.82, 2.24) is 0 Å². The van der Waals surface area contributed by atoms with Gasteiger partial charge in [0, 0.05) is 10.4 Å². The molecule has 19 heavy (non-hydrogen) atoms. The van der Waals surface area contributed by atoms with E-state index in [0.29, 0.717) is 0 Å². The van der Waals surface area contributed by atoms with E-state index in [2.05, 4.69) is 22.0 Å². The molecule has 3 rings (SSSR count). The van der Waals surface area contributed by atoms with Gasteiger partial charge in [-0.15, -0.1) is 0 Å². The molecule has 0 fully saturated rings. The number of fused-ring (bicyclic) bond motifs is 1. The molecule has 1 aromatic heterocycles. The summed E-state index contributed by atoms with van der Waals surface area (Å²) in [7, 11) is 0. The van der Waals surface area contributed by atoms with Crippen molar-refractivity contribution in [1.29, 1.82) is 0 Å². The first-order valence-corrected chi connectivity index (χ1v) is 7.33. The van der Waals surface area contributed by atoms with Crippen LogP contribution in [0.3, 0.4) is 0 Å². The number of halogens is 2. The van der Waals surface area contributed by atoms with E-state index in [9.17, 15) is 0 Å². The predicted molar refractivity (Wildman–Crippen MR) is 83.2 cm³/mol. The molecule has 0 N–H and O–H groups in total. The molecule has 0 bridgehead atoms. The summed E-state index contributed by atoms with van der Waals surface area (Å²) in [6.07, 6.45) is 1.72. The lowest BCUT2D eigenvalue weighted by Gasteiger charge is -2.13. The molecule has 0 radical (unpaired) electrons. The fourth-order valence-electron chi connectivity index (χ4n) is 2.29. The van der Waals surface area contributed by atoms with Gasteiger partial charge in [0.05, 0.1) is 11.1 Å². The van der Waals surface area contributed by atoms with E-state index in [1.807, 2.05) is 43.3 Å². The van der Waals surface area contributed by atoms with Crippen LogP contribution < -0.4 is 0 Å². The Morgan fingerprint density at radius 2 is 1.79 bits per heavy atom. The van der Waals surface area contributed by atoms with Crippen LogP contribution in [0.4, 0.5) is 0 Å². The van der Waals surface area contributed by atoms with E-state index in [-0.39, 0.29) is 4.83 Å². The Balaban J connectivity index is 2.21. The minimum absolute atomic E-state index is 0.0321. The van der Waals surface area contributed by atoms with Crippen molar-refractivity contribution < 1.29 is 4.42 Å². The van der Waals surface area contributed by atoms with Gasteiger partial charge in [-0.05, 0) is 35.6 Å². The second-order valence-electron chi connectivity index (χ2n) is 4.51. The quantitative estimate of drug-likeness (QED) is 0.533. The maximum Gasteiger partial charge on any atom is 0.124 e.